The number of halogens is 1. The lowest BCUT2D eigenvalue weighted by molar-refractivity contribution is -0.117. The van der Waals surface area contributed by atoms with Crippen molar-refractivity contribution in [2.75, 3.05) is 18.6 Å². The van der Waals surface area contributed by atoms with Gasteiger partial charge in [0.15, 0.2) is 28.8 Å². The van der Waals surface area contributed by atoms with E-state index in [1.807, 2.05) is 36.4 Å². The Morgan fingerprint density at radius 1 is 0.905 bits per heavy atom. The number of hydrogen-bond acceptors (Lipinski definition) is 6. The average molecular weight is 563 g/mol. The van der Waals surface area contributed by atoms with Crippen molar-refractivity contribution in [3.05, 3.63) is 120 Å². The zero-order valence-electron chi connectivity index (χ0n) is 22.8. The summed E-state index contributed by atoms with van der Waals surface area (Å²) in [5.41, 5.74) is 2.53. The fourth-order valence-electron chi connectivity index (χ4n) is 5.05. The molecule has 0 radical (unpaired) electrons. The van der Waals surface area contributed by atoms with Crippen molar-refractivity contribution in [1.82, 2.24) is 4.98 Å². The molecule has 6 rings (SSSR count). The summed E-state index contributed by atoms with van der Waals surface area (Å²) in [4.78, 5) is 31.5. The molecule has 7 nitrogen and oxygen atoms in total. The molecule has 1 atom stereocenters. The highest BCUT2D eigenvalue weighted by atomic mass is 19.1. The van der Waals surface area contributed by atoms with E-state index in [2.05, 4.69) is 4.98 Å². The molecule has 5 aromatic rings. The summed E-state index contributed by atoms with van der Waals surface area (Å²) in [6.07, 6.45) is 1.65. The van der Waals surface area contributed by atoms with Gasteiger partial charge in [-0.15, -0.1) is 0 Å². The number of ether oxygens (including phenoxy) is 3. The van der Waals surface area contributed by atoms with Gasteiger partial charge < -0.3 is 19.1 Å². The maximum atomic E-state index is 15.3. The zero-order valence-corrected chi connectivity index (χ0v) is 22.8. The monoisotopic (exact) mass is 562 g/mol. The molecule has 1 unspecified atom stereocenters. The molecule has 1 aromatic heterocycles. The molecule has 1 saturated heterocycles. The number of benzene rings is 4. The molecule has 1 fully saturated rings. The summed E-state index contributed by atoms with van der Waals surface area (Å²) < 4.78 is 32.9. The van der Waals surface area contributed by atoms with Crippen LogP contribution >= 0.6 is 0 Å². The number of amides is 1. The summed E-state index contributed by atoms with van der Waals surface area (Å²) in [6.45, 7) is 0.548. The number of hydrogen-bond donors (Lipinski definition) is 0. The van der Waals surface area contributed by atoms with Crippen LogP contribution < -0.4 is 19.1 Å². The minimum atomic E-state index is -0.641. The molecule has 42 heavy (non-hydrogen) atoms. The maximum Gasteiger partial charge on any atom is 0.227 e. The summed E-state index contributed by atoms with van der Waals surface area (Å²) in [7, 11) is 1.55. The normalized spacial score (nSPS) is 14.7. The molecule has 4 aromatic carbocycles. The first-order valence-electron chi connectivity index (χ1n) is 13.5. The number of rotatable bonds is 9. The third-order valence-electron chi connectivity index (χ3n) is 7.23. The van der Waals surface area contributed by atoms with E-state index >= 15 is 4.39 Å². The van der Waals surface area contributed by atoms with Crippen LogP contribution in [0.4, 0.5) is 10.1 Å². The number of fused-ring (bicyclic) bond motifs is 1. The van der Waals surface area contributed by atoms with Gasteiger partial charge in [0, 0.05) is 53.9 Å². The second-order valence-electron chi connectivity index (χ2n) is 9.96. The first-order chi connectivity index (χ1) is 20.5. The highest BCUT2D eigenvalue weighted by Crippen LogP contribution is 2.38. The van der Waals surface area contributed by atoms with Gasteiger partial charge >= 0.3 is 0 Å². The summed E-state index contributed by atoms with van der Waals surface area (Å²) in [5, 5.41) is 0.613. The van der Waals surface area contributed by atoms with Crippen LogP contribution in [0.2, 0.25) is 0 Å². The van der Waals surface area contributed by atoms with Gasteiger partial charge in [-0.1, -0.05) is 60.7 Å². The first kappa shape index (κ1) is 27.0. The van der Waals surface area contributed by atoms with Crippen LogP contribution in [-0.4, -0.2) is 30.3 Å². The molecule has 1 amide bonds. The molecule has 210 valence electrons. The lowest BCUT2D eigenvalue weighted by atomic mass is 9.97. The number of carbonyl (C=O) groups is 2. The third-order valence-corrected chi connectivity index (χ3v) is 7.23. The predicted molar refractivity (Wildman–Crippen MR) is 157 cm³/mol. The van der Waals surface area contributed by atoms with E-state index in [0.29, 0.717) is 46.0 Å². The standard InChI is InChI=1S/C34H27FN2O5/c1-40-31-18-26-28(19-32(31)41-21-22-8-4-2-5-9-22)36-15-14-29(26)42-30-13-12-25(17-27(30)35)37-20-24(16-33(37)38)34(39)23-10-6-3-7-11-23/h2-15,17-19,24H,16,20-21H2,1H3. The summed E-state index contributed by atoms with van der Waals surface area (Å²) >= 11 is 0. The number of ketones is 1. The number of methoxy groups -OCH3 is 1. The Bertz CT molecular complexity index is 1760. The first-order valence-corrected chi connectivity index (χ1v) is 13.5. The third kappa shape index (κ3) is 5.51. The van der Waals surface area contributed by atoms with Crippen LogP contribution in [0, 0.1) is 11.7 Å². The molecular formula is C34H27FN2O5. The Morgan fingerprint density at radius 3 is 2.40 bits per heavy atom. The molecule has 8 heteroatoms. The molecule has 1 aliphatic rings. The van der Waals surface area contributed by atoms with Gasteiger partial charge in [-0.25, -0.2) is 4.39 Å². The molecule has 2 heterocycles. The molecule has 0 spiro atoms. The minimum absolute atomic E-state index is 0.0156. The van der Waals surface area contributed by atoms with E-state index in [0.717, 1.165) is 5.56 Å². The molecule has 1 aliphatic heterocycles. The number of pyridine rings is 1. The largest absolute Gasteiger partial charge is 0.493 e. The van der Waals surface area contributed by atoms with Crippen molar-refractivity contribution < 1.29 is 28.2 Å². The Morgan fingerprint density at radius 2 is 1.67 bits per heavy atom. The lowest BCUT2D eigenvalue weighted by Gasteiger charge is -2.18. The van der Waals surface area contributed by atoms with Crippen LogP contribution in [-0.2, 0) is 11.4 Å². The minimum Gasteiger partial charge on any atom is -0.493 e. The van der Waals surface area contributed by atoms with Gasteiger partial charge in [0.05, 0.1) is 12.6 Å². The van der Waals surface area contributed by atoms with Crippen molar-refractivity contribution in [3.63, 3.8) is 0 Å². The fraction of sp³-hybridized carbons (Fsp3) is 0.147. The molecule has 0 N–H and O–H groups in total. The Balaban J connectivity index is 1.21. The number of Topliss-reactive ketones (excluding diaryl/α,β-unsaturated/α-hetero) is 1. The van der Waals surface area contributed by atoms with Gasteiger partial charge in [0.25, 0.3) is 0 Å². The van der Waals surface area contributed by atoms with Crippen molar-refractivity contribution in [2.45, 2.75) is 13.0 Å². The highest BCUT2D eigenvalue weighted by molar-refractivity contribution is 6.06. The zero-order chi connectivity index (χ0) is 29.1. The Kier molecular flexibility index (Phi) is 7.51. The Hall–Kier alpha value is -5.24. The number of anilines is 1. The van der Waals surface area contributed by atoms with Crippen LogP contribution in [0.3, 0.4) is 0 Å². The van der Waals surface area contributed by atoms with E-state index in [4.69, 9.17) is 14.2 Å². The maximum absolute atomic E-state index is 15.3. The quantitative estimate of drug-likeness (QED) is 0.180. The topological polar surface area (TPSA) is 78.0 Å². The van der Waals surface area contributed by atoms with E-state index in [-0.39, 0.29) is 30.4 Å². The SMILES string of the molecule is COc1cc2c(Oc3ccc(N4CC(C(=O)c5ccccc5)CC4=O)cc3F)ccnc2cc1OCc1ccccc1. The fourth-order valence-corrected chi connectivity index (χ4v) is 5.05. The summed E-state index contributed by atoms with van der Waals surface area (Å²) in [6, 6.07) is 28.1. The van der Waals surface area contributed by atoms with Crippen LogP contribution in [0.1, 0.15) is 22.3 Å². The summed E-state index contributed by atoms with van der Waals surface area (Å²) in [5.74, 6) is -0.0806. The molecule has 0 aliphatic carbocycles. The Labute approximate surface area is 242 Å². The molecule has 0 bridgehead atoms. The van der Waals surface area contributed by atoms with Gasteiger partial charge in [0.1, 0.15) is 12.4 Å². The van der Waals surface area contributed by atoms with E-state index in [1.54, 1.807) is 61.8 Å². The van der Waals surface area contributed by atoms with Crippen LogP contribution in [0.25, 0.3) is 10.9 Å². The second kappa shape index (κ2) is 11.7. The van der Waals surface area contributed by atoms with Gasteiger partial charge in [-0.2, -0.15) is 0 Å². The van der Waals surface area contributed by atoms with Crippen molar-refractivity contribution in [3.8, 4) is 23.0 Å². The van der Waals surface area contributed by atoms with Gasteiger partial charge in [0.2, 0.25) is 5.91 Å². The van der Waals surface area contributed by atoms with Crippen molar-refractivity contribution in [1.29, 1.82) is 0 Å². The smallest absolute Gasteiger partial charge is 0.227 e. The molecular weight excluding hydrogens is 535 g/mol. The van der Waals surface area contributed by atoms with Gasteiger partial charge in [-0.05, 0) is 29.8 Å². The average Bonchev–Trinajstić information content (AvgIpc) is 3.42. The van der Waals surface area contributed by atoms with Crippen LogP contribution in [0.15, 0.2) is 103 Å². The van der Waals surface area contributed by atoms with Crippen molar-refractivity contribution >= 4 is 28.3 Å². The second-order valence-corrected chi connectivity index (χ2v) is 9.96. The number of aromatic nitrogens is 1. The number of carbonyl (C=O) groups excluding carboxylic acids is 2. The molecule has 0 saturated carbocycles. The number of nitrogens with zero attached hydrogens (tertiary/aromatic N) is 2. The van der Waals surface area contributed by atoms with E-state index < -0.39 is 11.7 Å². The van der Waals surface area contributed by atoms with E-state index in [1.165, 1.54) is 17.0 Å². The van der Waals surface area contributed by atoms with Gasteiger partial charge in [-0.3, -0.25) is 14.6 Å². The van der Waals surface area contributed by atoms with Crippen LogP contribution in [0.5, 0.6) is 23.0 Å². The van der Waals surface area contributed by atoms with E-state index in [9.17, 15) is 9.59 Å². The highest BCUT2D eigenvalue weighted by Gasteiger charge is 2.35. The predicted octanol–water partition coefficient (Wildman–Crippen LogP) is 6.99. The van der Waals surface area contributed by atoms with Crippen molar-refractivity contribution in [2.24, 2.45) is 5.92 Å². The lowest BCUT2D eigenvalue weighted by Crippen LogP contribution is -2.26.